The first-order valence-electron chi connectivity index (χ1n) is 9.53. The number of hydrogen-bond acceptors (Lipinski definition) is 4. The summed E-state index contributed by atoms with van der Waals surface area (Å²) in [6.45, 7) is 0.722. The third-order valence-corrected chi connectivity index (χ3v) is 6.08. The van der Waals surface area contributed by atoms with Gasteiger partial charge in [-0.1, -0.05) is 72.4 Å². The molecule has 1 aliphatic rings. The van der Waals surface area contributed by atoms with Crippen LogP contribution in [0.25, 0.3) is 0 Å². The molecule has 0 bridgehead atoms. The Morgan fingerprint density at radius 1 is 1.07 bits per heavy atom. The molecule has 1 aromatic heterocycles. The predicted molar refractivity (Wildman–Crippen MR) is 111 cm³/mol. The third kappa shape index (κ3) is 4.12. The van der Waals surface area contributed by atoms with Gasteiger partial charge in [-0.05, 0) is 24.0 Å². The number of carbonyl (C=O) groups excluding carboxylic acids is 1. The molecule has 0 N–H and O–H groups in total. The van der Waals surface area contributed by atoms with Gasteiger partial charge in [0.2, 0.25) is 5.91 Å². The van der Waals surface area contributed by atoms with Crippen LogP contribution in [0.15, 0.2) is 65.8 Å². The smallest absolute Gasteiger partial charge is 0.240 e. The molecule has 0 saturated heterocycles. The minimum atomic E-state index is -0.345. The summed E-state index contributed by atoms with van der Waals surface area (Å²) in [4.78, 5) is 14.6. The number of aromatic nitrogens is 3. The largest absolute Gasteiger partial charge is 0.348 e. The molecule has 1 atom stereocenters. The lowest BCUT2D eigenvalue weighted by atomic mass is 10.1. The molecule has 0 unspecified atom stereocenters. The van der Waals surface area contributed by atoms with Gasteiger partial charge >= 0.3 is 0 Å². The lowest BCUT2D eigenvalue weighted by molar-refractivity contribution is -0.128. The van der Waals surface area contributed by atoms with Crippen LogP contribution >= 0.6 is 11.8 Å². The van der Waals surface area contributed by atoms with Crippen LogP contribution in [-0.4, -0.2) is 39.7 Å². The van der Waals surface area contributed by atoms with E-state index in [4.69, 9.17) is 0 Å². The van der Waals surface area contributed by atoms with E-state index in [1.807, 2.05) is 48.5 Å². The molecule has 3 aromatic rings. The van der Waals surface area contributed by atoms with E-state index in [1.165, 1.54) is 17.3 Å². The molecule has 1 fully saturated rings. The standard InChI is InChI=1S/C22H24N4OS/c1-25(2)21(27)19(17-11-7-4-8-12-17)28-22-24-23-20(18-13-14-18)26(22)15-16-9-5-3-6-10-16/h3-12,18-19H,13-15H2,1-2H3/t19-/m0/s1. The molecule has 28 heavy (non-hydrogen) atoms. The summed E-state index contributed by atoms with van der Waals surface area (Å²) in [7, 11) is 3.59. The molecule has 0 spiro atoms. The zero-order chi connectivity index (χ0) is 19.5. The summed E-state index contributed by atoms with van der Waals surface area (Å²) < 4.78 is 2.19. The molecule has 4 rings (SSSR count). The van der Waals surface area contributed by atoms with Crippen molar-refractivity contribution in [2.24, 2.45) is 0 Å². The van der Waals surface area contributed by atoms with Crippen molar-refractivity contribution in [2.45, 2.75) is 35.7 Å². The molecule has 0 radical (unpaired) electrons. The Bertz CT molecular complexity index is 936. The van der Waals surface area contributed by atoms with E-state index >= 15 is 0 Å². The zero-order valence-corrected chi connectivity index (χ0v) is 17.0. The van der Waals surface area contributed by atoms with Gasteiger partial charge in [-0.25, -0.2) is 0 Å². The molecule has 1 saturated carbocycles. The van der Waals surface area contributed by atoms with Crippen LogP contribution in [0.3, 0.4) is 0 Å². The molecular formula is C22H24N4OS. The molecule has 1 amide bonds. The van der Waals surface area contributed by atoms with Crippen LogP contribution in [-0.2, 0) is 11.3 Å². The quantitative estimate of drug-likeness (QED) is 0.568. The number of rotatable bonds is 7. The molecule has 1 heterocycles. The molecular weight excluding hydrogens is 368 g/mol. The van der Waals surface area contributed by atoms with Crippen LogP contribution in [0.4, 0.5) is 0 Å². The van der Waals surface area contributed by atoms with Crippen molar-refractivity contribution < 1.29 is 4.79 Å². The second kappa shape index (κ2) is 8.19. The van der Waals surface area contributed by atoms with E-state index < -0.39 is 0 Å². The van der Waals surface area contributed by atoms with Crippen LogP contribution < -0.4 is 0 Å². The molecule has 1 aliphatic carbocycles. The number of amides is 1. The van der Waals surface area contributed by atoms with Crippen molar-refractivity contribution in [3.05, 3.63) is 77.6 Å². The minimum absolute atomic E-state index is 0.0541. The van der Waals surface area contributed by atoms with Gasteiger partial charge in [-0.15, -0.1) is 10.2 Å². The van der Waals surface area contributed by atoms with Crippen molar-refractivity contribution >= 4 is 17.7 Å². The Hall–Kier alpha value is -2.60. The maximum atomic E-state index is 12.9. The first kappa shape index (κ1) is 18.7. The van der Waals surface area contributed by atoms with Crippen LogP contribution in [0.5, 0.6) is 0 Å². The summed E-state index contributed by atoms with van der Waals surface area (Å²) >= 11 is 1.49. The SMILES string of the molecule is CN(C)C(=O)[C@@H](Sc1nnc(C2CC2)n1Cc1ccccc1)c1ccccc1. The maximum absolute atomic E-state index is 12.9. The van der Waals surface area contributed by atoms with E-state index in [1.54, 1.807) is 19.0 Å². The number of likely N-dealkylation sites (N-methyl/N-ethyl adjacent to an activating group) is 1. The van der Waals surface area contributed by atoms with Crippen LogP contribution in [0.2, 0.25) is 0 Å². The van der Waals surface area contributed by atoms with Crippen molar-refractivity contribution in [1.82, 2.24) is 19.7 Å². The Labute approximate surface area is 169 Å². The highest BCUT2D eigenvalue weighted by Crippen LogP contribution is 2.42. The van der Waals surface area contributed by atoms with Gasteiger partial charge in [0, 0.05) is 20.0 Å². The highest BCUT2D eigenvalue weighted by Gasteiger charge is 2.32. The zero-order valence-electron chi connectivity index (χ0n) is 16.2. The maximum Gasteiger partial charge on any atom is 0.240 e. The lowest BCUT2D eigenvalue weighted by Gasteiger charge is -2.20. The second-order valence-electron chi connectivity index (χ2n) is 7.33. The monoisotopic (exact) mass is 392 g/mol. The minimum Gasteiger partial charge on any atom is -0.348 e. The molecule has 5 nitrogen and oxygen atoms in total. The van der Waals surface area contributed by atoms with E-state index in [0.29, 0.717) is 5.92 Å². The fourth-order valence-electron chi connectivity index (χ4n) is 3.17. The highest BCUT2D eigenvalue weighted by molar-refractivity contribution is 8.00. The summed E-state index contributed by atoms with van der Waals surface area (Å²) in [5, 5.41) is 9.43. The number of nitrogens with zero attached hydrogens (tertiary/aromatic N) is 4. The first-order valence-corrected chi connectivity index (χ1v) is 10.4. The molecule has 6 heteroatoms. The van der Waals surface area contributed by atoms with Gasteiger partial charge in [0.15, 0.2) is 5.16 Å². The lowest BCUT2D eigenvalue weighted by Crippen LogP contribution is -2.27. The first-order chi connectivity index (χ1) is 13.6. The molecule has 0 aliphatic heterocycles. The van der Waals surface area contributed by atoms with Crippen molar-refractivity contribution in [1.29, 1.82) is 0 Å². The van der Waals surface area contributed by atoms with Crippen molar-refractivity contribution in [3.8, 4) is 0 Å². The van der Waals surface area contributed by atoms with Gasteiger partial charge in [0.1, 0.15) is 11.1 Å². The summed E-state index contributed by atoms with van der Waals surface area (Å²) in [6, 6.07) is 20.2. The Morgan fingerprint density at radius 2 is 1.71 bits per heavy atom. The number of hydrogen-bond donors (Lipinski definition) is 0. The van der Waals surface area contributed by atoms with Crippen molar-refractivity contribution in [2.75, 3.05) is 14.1 Å². The number of thioether (sulfide) groups is 1. The Balaban J connectivity index is 1.68. The van der Waals surface area contributed by atoms with Gasteiger partial charge in [-0.2, -0.15) is 0 Å². The summed E-state index contributed by atoms with van der Waals surface area (Å²) in [5.74, 6) is 1.58. The Morgan fingerprint density at radius 3 is 2.32 bits per heavy atom. The summed E-state index contributed by atoms with van der Waals surface area (Å²) in [5.41, 5.74) is 2.19. The average molecular weight is 393 g/mol. The average Bonchev–Trinajstić information content (AvgIpc) is 3.49. The van der Waals surface area contributed by atoms with Crippen molar-refractivity contribution in [3.63, 3.8) is 0 Å². The number of benzene rings is 2. The molecule has 2 aromatic carbocycles. The van der Waals surface area contributed by atoms with Gasteiger partial charge in [-0.3, -0.25) is 4.79 Å². The fourth-order valence-corrected chi connectivity index (χ4v) is 4.36. The third-order valence-electron chi connectivity index (χ3n) is 4.86. The van der Waals surface area contributed by atoms with Gasteiger partial charge in [0.05, 0.1) is 6.54 Å². The predicted octanol–water partition coefficient (Wildman–Crippen LogP) is 4.13. The normalized spacial score (nSPS) is 14.6. The van der Waals surface area contributed by atoms with E-state index in [-0.39, 0.29) is 11.2 Å². The van der Waals surface area contributed by atoms with E-state index in [9.17, 15) is 4.79 Å². The second-order valence-corrected chi connectivity index (χ2v) is 8.40. The number of carbonyl (C=O) groups is 1. The topological polar surface area (TPSA) is 51.0 Å². The van der Waals surface area contributed by atoms with Crippen LogP contribution in [0, 0.1) is 0 Å². The highest BCUT2D eigenvalue weighted by atomic mass is 32.2. The van der Waals surface area contributed by atoms with Gasteiger partial charge < -0.3 is 9.47 Å². The summed E-state index contributed by atoms with van der Waals surface area (Å²) in [6.07, 6.45) is 2.33. The van der Waals surface area contributed by atoms with Gasteiger partial charge in [0.25, 0.3) is 0 Å². The fraction of sp³-hybridized carbons (Fsp3) is 0.318. The Kier molecular flexibility index (Phi) is 5.48. The van der Waals surface area contributed by atoms with Crippen LogP contribution in [0.1, 0.15) is 41.0 Å². The molecule has 144 valence electrons. The van der Waals surface area contributed by atoms with E-state index in [2.05, 4.69) is 26.9 Å². The van der Waals surface area contributed by atoms with E-state index in [0.717, 1.165) is 35.9 Å².